The molecular weight excluding hydrogens is 190 g/mol. The zero-order valence-corrected chi connectivity index (χ0v) is 9.08. The van der Waals surface area contributed by atoms with E-state index >= 15 is 0 Å². The van der Waals surface area contributed by atoms with Crippen LogP contribution in [0.1, 0.15) is 25.3 Å². The van der Waals surface area contributed by atoms with Crippen molar-refractivity contribution >= 4 is 22.9 Å². The van der Waals surface area contributed by atoms with E-state index in [2.05, 4.69) is 18.8 Å². The highest BCUT2D eigenvalue weighted by Gasteiger charge is 2.22. The second kappa shape index (κ2) is 4.24. The zero-order valence-electron chi connectivity index (χ0n) is 7.51. The van der Waals surface area contributed by atoms with Gasteiger partial charge in [0.2, 0.25) is 0 Å². The normalized spacial score (nSPS) is 15.9. The quantitative estimate of drug-likeness (QED) is 0.685. The molecule has 0 aliphatic carbocycles. The molecule has 0 aliphatic rings. The van der Waals surface area contributed by atoms with Crippen LogP contribution in [0.15, 0.2) is 11.6 Å². The van der Waals surface area contributed by atoms with Gasteiger partial charge in [0.05, 0.1) is 5.01 Å². The number of thiazole rings is 1. The summed E-state index contributed by atoms with van der Waals surface area (Å²) in [6, 6.07) is 0. The van der Waals surface area contributed by atoms with Crippen LogP contribution in [0.2, 0.25) is 0 Å². The summed E-state index contributed by atoms with van der Waals surface area (Å²) in [5, 5.41) is 3.21. The molecule has 0 saturated carbocycles. The molecule has 0 aromatic carbocycles. The Morgan fingerprint density at radius 1 is 1.67 bits per heavy atom. The van der Waals surface area contributed by atoms with Crippen molar-refractivity contribution in [3.8, 4) is 0 Å². The Bertz CT molecular complexity index is 216. The fourth-order valence-electron chi connectivity index (χ4n) is 0.972. The second-order valence-electron chi connectivity index (χ2n) is 3.40. The van der Waals surface area contributed by atoms with Gasteiger partial charge < -0.3 is 0 Å². The molecule has 0 fully saturated rings. The summed E-state index contributed by atoms with van der Waals surface area (Å²) in [7, 11) is 0. The number of halogens is 1. The smallest absolute Gasteiger partial charge is 0.0930 e. The van der Waals surface area contributed by atoms with E-state index in [0.29, 0.717) is 5.88 Å². The average Bonchev–Trinajstić information content (AvgIpc) is 2.57. The third-order valence-electron chi connectivity index (χ3n) is 2.24. The zero-order chi connectivity index (χ0) is 9.03. The standard InChI is InChI=1S/C9H14ClNS/c1-3-9(2,7-10)6-8-11-4-5-12-8/h4-5H,3,6-7H2,1-2H3. The molecule has 1 aromatic rings. The SMILES string of the molecule is CCC(C)(CCl)Cc1nccs1. The van der Waals surface area contributed by atoms with Gasteiger partial charge in [0.25, 0.3) is 0 Å². The van der Waals surface area contributed by atoms with Crippen molar-refractivity contribution in [1.82, 2.24) is 4.98 Å². The van der Waals surface area contributed by atoms with Crippen LogP contribution >= 0.6 is 22.9 Å². The van der Waals surface area contributed by atoms with E-state index in [1.54, 1.807) is 11.3 Å². The highest BCUT2D eigenvalue weighted by Crippen LogP contribution is 2.28. The van der Waals surface area contributed by atoms with Gasteiger partial charge in [-0.15, -0.1) is 22.9 Å². The van der Waals surface area contributed by atoms with Gasteiger partial charge in [-0.1, -0.05) is 13.8 Å². The van der Waals surface area contributed by atoms with Crippen molar-refractivity contribution in [3.05, 3.63) is 16.6 Å². The van der Waals surface area contributed by atoms with Gasteiger partial charge in [0, 0.05) is 23.9 Å². The highest BCUT2D eigenvalue weighted by molar-refractivity contribution is 7.09. The van der Waals surface area contributed by atoms with Crippen molar-refractivity contribution < 1.29 is 0 Å². The molecule has 0 amide bonds. The molecule has 68 valence electrons. The van der Waals surface area contributed by atoms with E-state index in [-0.39, 0.29) is 5.41 Å². The van der Waals surface area contributed by atoms with E-state index in [0.717, 1.165) is 12.8 Å². The van der Waals surface area contributed by atoms with Crippen LogP contribution < -0.4 is 0 Å². The fraction of sp³-hybridized carbons (Fsp3) is 0.667. The van der Waals surface area contributed by atoms with Crippen LogP contribution in [0.5, 0.6) is 0 Å². The van der Waals surface area contributed by atoms with Crippen LogP contribution in [0.25, 0.3) is 0 Å². The fourth-order valence-corrected chi connectivity index (χ4v) is 2.09. The Labute approximate surface area is 82.8 Å². The number of hydrogen-bond donors (Lipinski definition) is 0. The van der Waals surface area contributed by atoms with E-state index in [9.17, 15) is 0 Å². The molecule has 1 unspecified atom stereocenters. The first-order chi connectivity index (χ1) is 5.70. The van der Waals surface area contributed by atoms with Gasteiger partial charge in [0.15, 0.2) is 0 Å². The molecular formula is C9H14ClNS. The lowest BCUT2D eigenvalue weighted by Gasteiger charge is -2.23. The molecule has 1 heterocycles. The van der Waals surface area contributed by atoms with Crippen molar-refractivity contribution in [2.45, 2.75) is 26.7 Å². The molecule has 0 bridgehead atoms. The summed E-state index contributed by atoms with van der Waals surface area (Å²) in [6.45, 7) is 4.39. The third kappa shape index (κ3) is 2.46. The largest absolute Gasteiger partial charge is 0.250 e. The average molecular weight is 204 g/mol. The first-order valence-electron chi connectivity index (χ1n) is 4.14. The van der Waals surface area contributed by atoms with Crippen molar-refractivity contribution in [1.29, 1.82) is 0 Å². The maximum Gasteiger partial charge on any atom is 0.0930 e. The minimum absolute atomic E-state index is 0.222. The van der Waals surface area contributed by atoms with Crippen molar-refractivity contribution in [2.75, 3.05) is 5.88 Å². The first kappa shape index (κ1) is 10.0. The van der Waals surface area contributed by atoms with E-state index in [1.165, 1.54) is 5.01 Å². The van der Waals surface area contributed by atoms with Gasteiger partial charge in [-0.05, 0) is 11.8 Å². The van der Waals surface area contributed by atoms with Crippen LogP contribution in [0.3, 0.4) is 0 Å². The lowest BCUT2D eigenvalue weighted by atomic mass is 9.87. The van der Waals surface area contributed by atoms with E-state index in [4.69, 9.17) is 11.6 Å². The molecule has 1 nitrogen and oxygen atoms in total. The van der Waals surface area contributed by atoms with Crippen LogP contribution in [-0.4, -0.2) is 10.9 Å². The molecule has 0 N–H and O–H groups in total. The number of hydrogen-bond acceptors (Lipinski definition) is 2. The number of aromatic nitrogens is 1. The summed E-state index contributed by atoms with van der Waals surface area (Å²) in [6.07, 6.45) is 3.96. The molecule has 1 atom stereocenters. The topological polar surface area (TPSA) is 12.9 Å². The Morgan fingerprint density at radius 2 is 2.42 bits per heavy atom. The predicted octanol–water partition coefficient (Wildman–Crippen LogP) is 3.34. The number of rotatable bonds is 4. The number of nitrogens with zero attached hydrogens (tertiary/aromatic N) is 1. The Balaban J connectivity index is 2.60. The van der Waals surface area contributed by atoms with Gasteiger partial charge in [-0.3, -0.25) is 0 Å². The summed E-state index contributed by atoms with van der Waals surface area (Å²) < 4.78 is 0. The van der Waals surface area contributed by atoms with Crippen LogP contribution in [-0.2, 0) is 6.42 Å². The predicted molar refractivity (Wildman–Crippen MR) is 54.9 cm³/mol. The van der Waals surface area contributed by atoms with E-state index < -0.39 is 0 Å². The van der Waals surface area contributed by atoms with Crippen LogP contribution in [0.4, 0.5) is 0 Å². The van der Waals surface area contributed by atoms with Gasteiger partial charge in [0.1, 0.15) is 0 Å². The molecule has 0 aliphatic heterocycles. The molecule has 0 spiro atoms. The van der Waals surface area contributed by atoms with Crippen molar-refractivity contribution in [3.63, 3.8) is 0 Å². The summed E-state index contributed by atoms with van der Waals surface area (Å²) >= 11 is 7.61. The van der Waals surface area contributed by atoms with Gasteiger partial charge in [-0.2, -0.15) is 0 Å². The van der Waals surface area contributed by atoms with Crippen molar-refractivity contribution in [2.24, 2.45) is 5.41 Å². The first-order valence-corrected chi connectivity index (χ1v) is 5.56. The summed E-state index contributed by atoms with van der Waals surface area (Å²) in [5.74, 6) is 0.711. The van der Waals surface area contributed by atoms with E-state index in [1.807, 2.05) is 11.6 Å². The number of alkyl halides is 1. The van der Waals surface area contributed by atoms with Crippen LogP contribution in [0, 0.1) is 5.41 Å². The molecule has 1 rings (SSSR count). The molecule has 1 aromatic heterocycles. The van der Waals surface area contributed by atoms with Gasteiger partial charge >= 0.3 is 0 Å². The minimum atomic E-state index is 0.222. The second-order valence-corrected chi connectivity index (χ2v) is 4.65. The Kier molecular flexibility index (Phi) is 3.53. The Morgan fingerprint density at radius 3 is 2.83 bits per heavy atom. The minimum Gasteiger partial charge on any atom is -0.250 e. The lowest BCUT2D eigenvalue weighted by Crippen LogP contribution is -2.20. The summed E-state index contributed by atoms with van der Waals surface area (Å²) in [5.41, 5.74) is 0.222. The summed E-state index contributed by atoms with van der Waals surface area (Å²) in [4.78, 5) is 4.26. The lowest BCUT2D eigenvalue weighted by molar-refractivity contribution is 0.355. The molecule has 0 radical (unpaired) electrons. The molecule has 3 heteroatoms. The molecule has 0 saturated heterocycles. The van der Waals surface area contributed by atoms with Gasteiger partial charge in [-0.25, -0.2) is 4.98 Å². The third-order valence-corrected chi connectivity index (χ3v) is 3.66. The monoisotopic (exact) mass is 203 g/mol. The highest BCUT2D eigenvalue weighted by atomic mass is 35.5. The Hall–Kier alpha value is -0.0800. The maximum atomic E-state index is 5.90. The maximum absolute atomic E-state index is 5.90. The molecule has 12 heavy (non-hydrogen) atoms.